The van der Waals surface area contributed by atoms with E-state index in [-0.39, 0.29) is 12.1 Å². The van der Waals surface area contributed by atoms with E-state index in [0.29, 0.717) is 12.4 Å². The van der Waals surface area contributed by atoms with Crippen molar-refractivity contribution in [2.24, 2.45) is 0 Å². The van der Waals surface area contributed by atoms with Crippen molar-refractivity contribution in [1.29, 1.82) is 0 Å². The second-order valence-corrected chi connectivity index (χ2v) is 5.98. The third kappa shape index (κ3) is 5.48. The van der Waals surface area contributed by atoms with Crippen molar-refractivity contribution in [2.45, 2.75) is 13.2 Å². The van der Waals surface area contributed by atoms with Crippen LogP contribution in [-0.2, 0) is 17.9 Å². The van der Waals surface area contributed by atoms with E-state index in [1.807, 2.05) is 36.4 Å². The molecule has 1 aromatic heterocycles. The van der Waals surface area contributed by atoms with Gasteiger partial charge in [0.1, 0.15) is 24.0 Å². The number of nitrogens with zero attached hydrogens (tertiary/aromatic N) is 1. The average Bonchev–Trinajstić information content (AvgIpc) is 2.72. The third-order valence-electron chi connectivity index (χ3n) is 3.92. The zero-order valence-electron chi connectivity index (χ0n) is 14.9. The lowest BCUT2D eigenvalue weighted by molar-refractivity contribution is -0.116. The number of benzene rings is 2. The summed E-state index contributed by atoms with van der Waals surface area (Å²) in [6, 6.07) is 14.6. The molecule has 0 saturated heterocycles. The number of nitrogens with one attached hydrogen (secondary N) is 1. The second kappa shape index (κ2) is 9.41. The number of hydrogen-bond donors (Lipinski definition) is 1. The van der Waals surface area contributed by atoms with Crippen molar-refractivity contribution in [3.05, 3.63) is 101 Å². The van der Waals surface area contributed by atoms with E-state index in [2.05, 4.69) is 10.3 Å². The summed E-state index contributed by atoms with van der Waals surface area (Å²) in [5.41, 5.74) is 1.59. The largest absolute Gasteiger partial charge is 0.489 e. The van der Waals surface area contributed by atoms with Crippen molar-refractivity contribution in [3.8, 4) is 5.75 Å². The highest BCUT2D eigenvalue weighted by Gasteiger charge is 2.05. The molecule has 0 unspecified atom stereocenters. The number of amides is 1. The highest BCUT2D eigenvalue weighted by Crippen LogP contribution is 2.15. The first-order chi connectivity index (χ1) is 13.6. The van der Waals surface area contributed by atoms with Gasteiger partial charge in [-0.3, -0.25) is 9.78 Å². The number of pyridine rings is 1. The van der Waals surface area contributed by atoms with Crippen LogP contribution in [0.15, 0.2) is 73.1 Å². The molecule has 0 bridgehead atoms. The standard InChI is InChI=1S/C22H18F2N2O2/c23-20-4-1-5-21(24)19(20)10-11-22(27)26-14-16-6-8-18(9-7-16)28-15-17-3-2-12-25-13-17/h1-13H,14-15H2,(H,26,27)/b11-10+. The van der Waals surface area contributed by atoms with Crippen molar-refractivity contribution in [3.63, 3.8) is 0 Å². The van der Waals surface area contributed by atoms with Gasteiger partial charge in [0, 0.05) is 36.1 Å². The summed E-state index contributed by atoms with van der Waals surface area (Å²) in [4.78, 5) is 15.9. The topological polar surface area (TPSA) is 51.2 Å². The van der Waals surface area contributed by atoms with Crippen LogP contribution in [0.4, 0.5) is 8.78 Å². The number of rotatable bonds is 7. The van der Waals surface area contributed by atoms with Crippen LogP contribution < -0.4 is 10.1 Å². The first kappa shape index (κ1) is 19.2. The molecule has 4 nitrogen and oxygen atoms in total. The van der Waals surface area contributed by atoms with Crippen LogP contribution in [0, 0.1) is 11.6 Å². The summed E-state index contributed by atoms with van der Waals surface area (Å²) >= 11 is 0. The predicted molar refractivity (Wildman–Crippen MR) is 102 cm³/mol. The molecule has 6 heteroatoms. The molecule has 28 heavy (non-hydrogen) atoms. The number of carbonyl (C=O) groups excluding carboxylic acids is 1. The fourth-order valence-corrected chi connectivity index (χ4v) is 2.43. The Morgan fingerprint density at radius 2 is 1.75 bits per heavy atom. The summed E-state index contributed by atoms with van der Waals surface area (Å²) in [7, 11) is 0. The predicted octanol–water partition coefficient (Wildman–Crippen LogP) is 4.27. The van der Waals surface area contributed by atoms with Gasteiger partial charge < -0.3 is 10.1 Å². The molecule has 3 rings (SSSR count). The molecule has 0 fully saturated rings. The molecule has 2 aromatic carbocycles. The van der Waals surface area contributed by atoms with E-state index in [1.54, 1.807) is 12.4 Å². The first-order valence-corrected chi connectivity index (χ1v) is 8.62. The Morgan fingerprint density at radius 3 is 2.43 bits per heavy atom. The maximum Gasteiger partial charge on any atom is 0.244 e. The van der Waals surface area contributed by atoms with Gasteiger partial charge in [-0.15, -0.1) is 0 Å². The molecule has 0 aliphatic carbocycles. The number of halogens is 2. The number of hydrogen-bond acceptors (Lipinski definition) is 3. The zero-order valence-corrected chi connectivity index (χ0v) is 14.9. The quantitative estimate of drug-likeness (QED) is 0.623. The van der Waals surface area contributed by atoms with Gasteiger partial charge in [-0.05, 0) is 42.0 Å². The fourth-order valence-electron chi connectivity index (χ4n) is 2.43. The van der Waals surface area contributed by atoms with Gasteiger partial charge in [0.2, 0.25) is 5.91 Å². The molecule has 0 radical (unpaired) electrons. The Hall–Kier alpha value is -3.54. The number of aromatic nitrogens is 1. The SMILES string of the molecule is O=C(/C=C/c1c(F)cccc1F)NCc1ccc(OCc2cccnc2)cc1. The van der Waals surface area contributed by atoms with Crippen molar-refractivity contribution < 1.29 is 18.3 Å². The van der Waals surface area contributed by atoms with Gasteiger partial charge >= 0.3 is 0 Å². The van der Waals surface area contributed by atoms with E-state index in [4.69, 9.17) is 4.74 Å². The Labute approximate surface area is 161 Å². The second-order valence-electron chi connectivity index (χ2n) is 5.98. The minimum atomic E-state index is -0.717. The molecular formula is C22H18F2N2O2. The summed E-state index contributed by atoms with van der Waals surface area (Å²) in [5, 5.41) is 2.67. The van der Waals surface area contributed by atoms with E-state index in [1.165, 1.54) is 6.07 Å². The highest BCUT2D eigenvalue weighted by molar-refractivity contribution is 5.91. The lowest BCUT2D eigenvalue weighted by Crippen LogP contribution is -2.20. The van der Waals surface area contributed by atoms with Crippen LogP contribution in [0.1, 0.15) is 16.7 Å². The summed E-state index contributed by atoms with van der Waals surface area (Å²) in [6.45, 7) is 0.702. The third-order valence-corrected chi connectivity index (χ3v) is 3.92. The van der Waals surface area contributed by atoms with Crippen molar-refractivity contribution in [1.82, 2.24) is 10.3 Å². The Kier molecular flexibility index (Phi) is 6.46. The van der Waals surface area contributed by atoms with Crippen LogP contribution >= 0.6 is 0 Å². The van der Waals surface area contributed by atoms with E-state index < -0.39 is 17.5 Å². The maximum absolute atomic E-state index is 13.5. The molecule has 0 aliphatic heterocycles. The number of ether oxygens (including phenoxy) is 1. The highest BCUT2D eigenvalue weighted by atomic mass is 19.1. The first-order valence-electron chi connectivity index (χ1n) is 8.62. The fraction of sp³-hybridized carbons (Fsp3) is 0.0909. The molecule has 0 spiro atoms. The number of carbonyl (C=O) groups is 1. The molecule has 1 heterocycles. The van der Waals surface area contributed by atoms with Crippen LogP contribution in [0.5, 0.6) is 5.75 Å². The van der Waals surface area contributed by atoms with Gasteiger partial charge in [0.15, 0.2) is 0 Å². The van der Waals surface area contributed by atoms with Crippen LogP contribution in [0.3, 0.4) is 0 Å². The Bertz CT molecular complexity index is 938. The van der Waals surface area contributed by atoms with Crippen LogP contribution in [0.2, 0.25) is 0 Å². The van der Waals surface area contributed by atoms with Gasteiger partial charge in [0.05, 0.1) is 0 Å². The van der Waals surface area contributed by atoms with Gasteiger partial charge in [-0.25, -0.2) is 8.78 Å². The molecule has 1 N–H and O–H groups in total. The molecule has 142 valence electrons. The Morgan fingerprint density at radius 1 is 1.00 bits per heavy atom. The minimum absolute atomic E-state index is 0.243. The van der Waals surface area contributed by atoms with E-state index in [9.17, 15) is 13.6 Å². The van der Waals surface area contributed by atoms with E-state index in [0.717, 1.165) is 35.4 Å². The van der Waals surface area contributed by atoms with E-state index >= 15 is 0 Å². The molecule has 0 saturated carbocycles. The van der Waals surface area contributed by atoms with Gasteiger partial charge in [-0.2, -0.15) is 0 Å². The monoisotopic (exact) mass is 380 g/mol. The van der Waals surface area contributed by atoms with Crippen LogP contribution in [-0.4, -0.2) is 10.9 Å². The van der Waals surface area contributed by atoms with Crippen molar-refractivity contribution >= 4 is 12.0 Å². The molecule has 3 aromatic rings. The molecular weight excluding hydrogens is 362 g/mol. The molecule has 0 atom stereocenters. The average molecular weight is 380 g/mol. The van der Waals surface area contributed by atoms with Crippen molar-refractivity contribution in [2.75, 3.05) is 0 Å². The lowest BCUT2D eigenvalue weighted by Gasteiger charge is -2.07. The minimum Gasteiger partial charge on any atom is -0.489 e. The van der Waals surface area contributed by atoms with Crippen LogP contribution in [0.25, 0.3) is 6.08 Å². The maximum atomic E-state index is 13.5. The molecule has 1 amide bonds. The zero-order chi connectivity index (χ0) is 19.8. The summed E-state index contributed by atoms with van der Waals surface area (Å²) in [6.07, 6.45) is 5.67. The molecule has 0 aliphatic rings. The normalized spacial score (nSPS) is 10.8. The van der Waals surface area contributed by atoms with Gasteiger partial charge in [-0.1, -0.05) is 24.3 Å². The Balaban J connectivity index is 1.49. The smallest absolute Gasteiger partial charge is 0.244 e. The van der Waals surface area contributed by atoms with Gasteiger partial charge in [0.25, 0.3) is 0 Å². The lowest BCUT2D eigenvalue weighted by atomic mass is 10.2. The summed E-state index contributed by atoms with van der Waals surface area (Å²) in [5.74, 6) is -1.18. The summed E-state index contributed by atoms with van der Waals surface area (Å²) < 4.78 is 32.7.